The third-order valence-corrected chi connectivity index (χ3v) is 2.63. The van der Waals surface area contributed by atoms with Crippen molar-refractivity contribution < 1.29 is 4.39 Å². The summed E-state index contributed by atoms with van der Waals surface area (Å²) < 4.78 is 13.4. The van der Waals surface area contributed by atoms with E-state index in [9.17, 15) is 4.39 Å². The average Bonchev–Trinajstić information content (AvgIpc) is 2.10. The maximum absolute atomic E-state index is 12.9. The van der Waals surface area contributed by atoms with Crippen LogP contribution in [0, 0.1) is 5.82 Å². The van der Waals surface area contributed by atoms with Crippen molar-refractivity contribution in [3.05, 3.63) is 34.1 Å². The Morgan fingerprint density at radius 2 is 2.23 bits per heavy atom. The predicted molar refractivity (Wildman–Crippen MR) is 56.4 cm³/mol. The number of rotatable bonds is 3. The minimum absolute atomic E-state index is 0.208. The van der Waals surface area contributed by atoms with Crippen molar-refractivity contribution in [2.24, 2.45) is 0 Å². The second kappa shape index (κ2) is 4.72. The van der Waals surface area contributed by atoms with Crippen molar-refractivity contribution in [2.75, 3.05) is 13.6 Å². The number of likely N-dealkylation sites (N-methyl/N-ethyl adjacent to an activating group) is 1. The van der Waals surface area contributed by atoms with Gasteiger partial charge >= 0.3 is 0 Å². The number of hydrogen-bond acceptors (Lipinski definition) is 1. The van der Waals surface area contributed by atoms with Gasteiger partial charge in [0.1, 0.15) is 5.82 Å². The Labute approximate surface area is 86.5 Å². The molecule has 1 unspecified atom stereocenters. The van der Waals surface area contributed by atoms with Gasteiger partial charge in [-0.1, -0.05) is 13.0 Å². The lowest BCUT2D eigenvalue weighted by Gasteiger charge is -2.11. The topological polar surface area (TPSA) is 12.0 Å². The van der Waals surface area contributed by atoms with Gasteiger partial charge in [0.15, 0.2) is 0 Å². The van der Waals surface area contributed by atoms with Gasteiger partial charge in [-0.25, -0.2) is 4.39 Å². The van der Waals surface area contributed by atoms with Gasteiger partial charge in [0, 0.05) is 6.54 Å². The molecule has 0 heterocycles. The van der Waals surface area contributed by atoms with Gasteiger partial charge in [-0.15, -0.1) is 0 Å². The molecule has 0 radical (unpaired) electrons. The van der Waals surface area contributed by atoms with E-state index in [1.807, 2.05) is 19.2 Å². The fourth-order valence-corrected chi connectivity index (χ4v) is 1.64. The Bertz CT molecular complexity index is 288. The molecule has 0 aromatic heterocycles. The van der Waals surface area contributed by atoms with Crippen LogP contribution in [-0.2, 0) is 0 Å². The molecule has 13 heavy (non-hydrogen) atoms. The zero-order valence-electron chi connectivity index (χ0n) is 7.77. The van der Waals surface area contributed by atoms with Gasteiger partial charge in [0.05, 0.1) is 4.47 Å². The van der Waals surface area contributed by atoms with E-state index in [1.165, 1.54) is 6.07 Å². The molecule has 0 amide bonds. The minimum atomic E-state index is -0.208. The Balaban J connectivity index is 2.84. The smallest absolute Gasteiger partial charge is 0.137 e. The zero-order chi connectivity index (χ0) is 9.84. The summed E-state index contributed by atoms with van der Waals surface area (Å²) in [4.78, 5) is 0. The average molecular weight is 246 g/mol. The zero-order valence-corrected chi connectivity index (χ0v) is 9.36. The Morgan fingerprint density at radius 1 is 1.54 bits per heavy atom. The molecule has 0 saturated carbocycles. The van der Waals surface area contributed by atoms with Crippen molar-refractivity contribution in [2.45, 2.75) is 12.8 Å². The Kier molecular flexibility index (Phi) is 3.88. The summed E-state index contributed by atoms with van der Waals surface area (Å²) in [6.07, 6.45) is 0. The SMILES string of the molecule is CNCC(C)c1ccc(F)c(Br)c1. The number of halogens is 2. The van der Waals surface area contributed by atoms with Crippen LogP contribution in [0.15, 0.2) is 22.7 Å². The van der Waals surface area contributed by atoms with E-state index in [4.69, 9.17) is 0 Å². The first-order valence-electron chi connectivity index (χ1n) is 4.24. The minimum Gasteiger partial charge on any atom is -0.319 e. The molecule has 0 saturated heterocycles. The molecule has 1 atom stereocenters. The highest BCUT2D eigenvalue weighted by atomic mass is 79.9. The molecule has 0 bridgehead atoms. The molecule has 1 N–H and O–H groups in total. The van der Waals surface area contributed by atoms with Gasteiger partial charge in [0.25, 0.3) is 0 Å². The van der Waals surface area contributed by atoms with E-state index in [1.54, 1.807) is 0 Å². The van der Waals surface area contributed by atoms with Crippen LogP contribution >= 0.6 is 15.9 Å². The van der Waals surface area contributed by atoms with Gasteiger partial charge in [0.2, 0.25) is 0 Å². The van der Waals surface area contributed by atoms with Crippen LogP contribution < -0.4 is 5.32 Å². The van der Waals surface area contributed by atoms with Gasteiger partial charge in [-0.3, -0.25) is 0 Å². The van der Waals surface area contributed by atoms with E-state index >= 15 is 0 Å². The van der Waals surface area contributed by atoms with E-state index in [2.05, 4.69) is 28.2 Å². The van der Waals surface area contributed by atoms with Gasteiger partial charge in [-0.05, 0) is 46.6 Å². The van der Waals surface area contributed by atoms with Crippen molar-refractivity contribution >= 4 is 15.9 Å². The maximum Gasteiger partial charge on any atom is 0.137 e. The van der Waals surface area contributed by atoms with Crippen LogP contribution in [-0.4, -0.2) is 13.6 Å². The highest BCUT2D eigenvalue weighted by molar-refractivity contribution is 9.10. The van der Waals surface area contributed by atoms with Crippen LogP contribution in [0.2, 0.25) is 0 Å². The van der Waals surface area contributed by atoms with E-state index in [0.29, 0.717) is 10.4 Å². The number of hydrogen-bond donors (Lipinski definition) is 1. The van der Waals surface area contributed by atoms with E-state index < -0.39 is 0 Å². The summed E-state index contributed by atoms with van der Waals surface area (Å²) in [6, 6.07) is 5.14. The molecule has 72 valence electrons. The highest BCUT2D eigenvalue weighted by Gasteiger charge is 2.06. The summed E-state index contributed by atoms with van der Waals surface area (Å²) in [7, 11) is 1.91. The Hall–Kier alpha value is -0.410. The van der Waals surface area contributed by atoms with Crippen LogP contribution in [0.3, 0.4) is 0 Å². The van der Waals surface area contributed by atoms with Crippen LogP contribution in [0.5, 0.6) is 0 Å². The van der Waals surface area contributed by atoms with Crippen molar-refractivity contribution in [1.82, 2.24) is 5.32 Å². The molecule has 0 fully saturated rings. The summed E-state index contributed by atoms with van der Waals surface area (Å²) in [5.41, 5.74) is 1.14. The largest absolute Gasteiger partial charge is 0.319 e. The lowest BCUT2D eigenvalue weighted by molar-refractivity contribution is 0.616. The van der Waals surface area contributed by atoms with Gasteiger partial charge < -0.3 is 5.32 Å². The second-order valence-corrected chi connectivity index (χ2v) is 3.99. The molecule has 0 aliphatic heterocycles. The number of nitrogens with one attached hydrogen (secondary N) is 1. The second-order valence-electron chi connectivity index (χ2n) is 3.13. The molecule has 1 rings (SSSR count). The maximum atomic E-state index is 12.9. The summed E-state index contributed by atoms with van der Waals surface area (Å²) >= 11 is 3.17. The summed E-state index contributed by atoms with van der Waals surface area (Å²) in [5.74, 6) is 0.197. The lowest BCUT2D eigenvalue weighted by atomic mass is 10.0. The van der Waals surface area contributed by atoms with E-state index in [-0.39, 0.29) is 5.82 Å². The molecule has 0 spiro atoms. The van der Waals surface area contributed by atoms with Crippen LogP contribution in [0.4, 0.5) is 4.39 Å². The summed E-state index contributed by atoms with van der Waals surface area (Å²) in [5, 5.41) is 3.09. The third kappa shape index (κ3) is 2.78. The molecule has 1 aromatic carbocycles. The van der Waals surface area contributed by atoms with Crippen molar-refractivity contribution in [3.63, 3.8) is 0 Å². The van der Waals surface area contributed by atoms with Gasteiger partial charge in [-0.2, -0.15) is 0 Å². The molecule has 3 heteroatoms. The quantitative estimate of drug-likeness (QED) is 0.864. The molecule has 0 aliphatic rings. The van der Waals surface area contributed by atoms with Crippen LogP contribution in [0.25, 0.3) is 0 Å². The number of benzene rings is 1. The first-order valence-corrected chi connectivity index (χ1v) is 5.04. The van der Waals surface area contributed by atoms with Crippen molar-refractivity contribution in [1.29, 1.82) is 0 Å². The molecular weight excluding hydrogens is 233 g/mol. The molecule has 1 aromatic rings. The predicted octanol–water partition coefficient (Wildman–Crippen LogP) is 2.91. The molecule has 1 nitrogen and oxygen atoms in total. The fourth-order valence-electron chi connectivity index (χ4n) is 1.24. The lowest BCUT2D eigenvalue weighted by Crippen LogP contribution is -2.14. The molecular formula is C10H13BrFN. The monoisotopic (exact) mass is 245 g/mol. The first-order chi connectivity index (χ1) is 6.15. The Morgan fingerprint density at radius 3 is 2.77 bits per heavy atom. The van der Waals surface area contributed by atoms with E-state index in [0.717, 1.165) is 12.1 Å². The normalized spacial score (nSPS) is 12.9. The first kappa shape index (κ1) is 10.7. The standard InChI is InChI=1S/C10H13BrFN/c1-7(6-13-2)8-3-4-10(12)9(11)5-8/h3-5,7,13H,6H2,1-2H3. The van der Waals surface area contributed by atoms with Crippen LogP contribution in [0.1, 0.15) is 18.4 Å². The highest BCUT2D eigenvalue weighted by Crippen LogP contribution is 2.21. The van der Waals surface area contributed by atoms with Crippen molar-refractivity contribution in [3.8, 4) is 0 Å². The summed E-state index contributed by atoms with van der Waals surface area (Å²) in [6.45, 7) is 3.01. The molecule has 0 aliphatic carbocycles. The third-order valence-electron chi connectivity index (χ3n) is 2.02. The fraction of sp³-hybridized carbons (Fsp3) is 0.400.